The maximum atomic E-state index is 12.3. The fourth-order valence-corrected chi connectivity index (χ4v) is 3.86. The van der Waals surface area contributed by atoms with Crippen LogP contribution in [0, 0.1) is 17.8 Å². The predicted molar refractivity (Wildman–Crippen MR) is 83.3 cm³/mol. The average molecular weight is 280 g/mol. The van der Waals surface area contributed by atoms with Gasteiger partial charge in [0.15, 0.2) is 0 Å². The maximum Gasteiger partial charge on any atom is 0.223 e. The van der Waals surface area contributed by atoms with Crippen molar-refractivity contribution in [3.63, 3.8) is 0 Å². The lowest BCUT2D eigenvalue weighted by molar-refractivity contribution is -0.126. The Morgan fingerprint density at radius 2 is 1.65 bits per heavy atom. The summed E-state index contributed by atoms with van der Waals surface area (Å²) >= 11 is 0. The number of amides is 1. The second-order valence-electron chi connectivity index (χ2n) is 7.07. The van der Waals surface area contributed by atoms with Gasteiger partial charge in [-0.2, -0.15) is 0 Å². The van der Waals surface area contributed by atoms with E-state index in [4.69, 9.17) is 5.73 Å². The molecule has 0 heterocycles. The van der Waals surface area contributed by atoms with E-state index in [1.807, 2.05) is 0 Å². The standard InChI is InChI=1S/C17H32N2O/c1-13(18)15-8-10-16(11-9-15)17(20)19-12-14-6-4-2-3-5-7-14/h13-16H,2-12,18H2,1H3,(H,19,20)/t13-,15?,16?/m1/s1. The third kappa shape index (κ3) is 4.76. The summed E-state index contributed by atoms with van der Waals surface area (Å²) in [6, 6.07) is 0.282. The van der Waals surface area contributed by atoms with Crippen LogP contribution in [0.25, 0.3) is 0 Å². The molecule has 2 aliphatic carbocycles. The first-order chi connectivity index (χ1) is 9.66. The van der Waals surface area contributed by atoms with Crippen LogP contribution in [-0.4, -0.2) is 18.5 Å². The Bertz CT molecular complexity index is 287. The van der Waals surface area contributed by atoms with Crippen molar-refractivity contribution in [3.05, 3.63) is 0 Å². The third-order valence-corrected chi connectivity index (χ3v) is 5.43. The molecule has 1 atom stereocenters. The predicted octanol–water partition coefficient (Wildman–Crippen LogP) is 3.23. The van der Waals surface area contributed by atoms with E-state index < -0.39 is 0 Å². The van der Waals surface area contributed by atoms with Crippen molar-refractivity contribution < 1.29 is 4.79 Å². The minimum Gasteiger partial charge on any atom is -0.356 e. The summed E-state index contributed by atoms with van der Waals surface area (Å²) < 4.78 is 0. The minimum atomic E-state index is 0.246. The van der Waals surface area contributed by atoms with Gasteiger partial charge in [0, 0.05) is 18.5 Å². The summed E-state index contributed by atoms with van der Waals surface area (Å²) in [5.74, 6) is 1.90. The van der Waals surface area contributed by atoms with Crippen LogP contribution in [0.1, 0.15) is 71.1 Å². The summed E-state index contributed by atoms with van der Waals surface area (Å²) in [4.78, 5) is 12.3. The molecule has 3 nitrogen and oxygen atoms in total. The van der Waals surface area contributed by atoms with Gasteiger partial charge in [-0.1, -0.05) is 25.7 Å². The van der Waals surface area contributed by atoms with Crippen LogP contribution in [0.4, 0.5) is 0 Å². The second kappa shape index (κ2) is 8.02. The lowest BCUT2D eigenvalue weighted by Crippen LogP contribution is -2.38. The third-order valence-electron chi connectivity index (χ3n) is 5.43. The molecule has 2 fully saturated rings. The first kappa shape index (κ1) is 15.8. The lowest BCUT2D eigenvalue weighted by atomic mass is 9.79. The highest BCUT2D eigenvalue weighted by molar-refractivity contribution is 5.78. The Hall–Kier alpha value is -0.570. The van der Waals surface area contributed by atoms with Crippen LogP contribution in [-0.2, 0) is 4.79 Å². The number of carbonyl (C=O) groups excluding carboxylic acids is 1. The van der Waals surface area contributed by atoms with E-state index in [-0.39, 0.29) is 12.0 Å². The highest BCUT2D eigenvalue weighted by atomic mass is 16.1. The lowest BCUT2D eigenvalue weighted by Gasteiger charge is -2.30. The van der Waals surface area contributed by atoms with E-state index in [0.717, 1.165) is 38.1 Å². The van der Waals surface area contributed by atoms with Crippen molar-refractivity contribution in [2.24, 2.45) is 23.5 Å². The van der Waals surface area contributed by atoms with Crippen LogP contribution >= 0.6 is 0 Å². The first-order valence-corrected chi connectivity index (χ1v) is 8.70. The summed E-state index contributed by atoms with van der Waals surface area (Å²) in [5, 5.41) is 3.22. The highest BCUT2D eigenvalue weighted by Gasteiger charge is 2.28. The molecule has 0 aliphatic heterocycles. The second-order valence-corrected chi connectivity index (χ2v) is 7.07. The molecule has 3 N–H and O–H groups in total. The van der Waals surface area contributed by atoms with Crippen molar-refractivity contribution in [2.45, 2.75) is 77.2 Å². The average Bonchev–Trinajstić information content (AvgIpc) is 2.73. The molecule has 2 rings (SSSR count). The molecular weight excluding hydrogens is 248 g/mol. The molecule has 0 bridgehead atoms. The topological polar surface area (TPSA) is 55.1 Å². The van der Waals surface area contributed by atoms with Crippen LogP contribution in [0.3, 0.4) is 0 Å². The smallest absolute Gasteiger partial charge is 0.223 e. The maximum absolute atomic E-state index is 12.3. The molecule has 20 heavy (non-hydrogen) atoms. The molecule has 0 aromatic heterocycles. The number of nitrogens with two attached hydrogens (primary N) is 1. The Morgan fingerprint density at radius 3 is 2.20 bits per heavy atom. The zero-order chi connectivity index (χ0) is 14.4. The van der Waals surface area contributed by atoms with Gasteiger partial charge in [0.1, 0.15) is 0 Å². The fourth-order valence-electron chi connectivity index (χ4n) is 3.86. The molecule has 1 amide bonds. The van der Waals surface area contributed by atoms with Gasteiger partial charge in [0.25, 0.3) is 0 Å². The molecule has 116 valence electrons. The Labute approximate surface area is 124 Å². The van der Waals surface area contributed by atoms with E-state index in [1.54, 1.807) is 0 Å². The van der Waals surface area contributed by atoms with E-state index in [0.29, 0.717) is 11.8 Å². The van der Waals surface area contributed by atoms with E-state index in [1.165, 1.54) is 38.5 Å². The SMILES string of the molecule is C[C@@H](N)C1CCC(C(=O)NCC2CCCCCC2)CC1. The fraction of sp³-hybridized carbons (Fsp3) is 0.941. The van der Waals surface area contributed by atoms with Crippen LogP contribution in [0.5, 0.6) is 0 Å². The van der Waals surface area contributed by atoms with Gasteiger partial charge in [-0.25, -0.2) is 0 Å². The molecule has 0 radical (unpaired) electrons. The molecule has 0 saturated heterocycles. The van der Waals surface area contributed by atoms with Crippen LogP contribution < -0.4 is 11.1 Å². The normalized spacial score (nSPS) is 30.5. The Morgan fingerprint density at radius 1 is 1.05 bits per heavy atom. The van der Waals surface area contributed by atoms with Gasteiger partial charge in [-0.05, 0) is 57.3 Å². The zero-order valence-corrected chi connectivity index (χ0v) is 13.1. The highest BCUT2D eigenvalue weighted by Crippen LogP contribution is 2.30. The quantitative estimate of drug-likeness (QED) is 0.777. The zero-order valence-electron chi connectivity index (χ0n) is 13.1. The molecule has 0 aromatic rings. The van der Waals surface area contributed by atoms with Crippen molar-refractivity contribution in [2.75, 3.05) is 6.54 Å². The molecule has 0 spiro atoms. The van der Waals surface area contributed by atoms with Crippen molar-refractivity contribution in [1.82, 2.24) is 5.32 Å². The summed E-state index contributed by atoms with van der Waals surface area (Å²) in [5.41, 5.74) is 5.96. The van der Waals surface area contributed by atoms with E-state index in [9.17, 15) is 4.79 Å². The van der Waals surface area contributed by atoms with Gasteiger partial charge < -0.3 is 11.1 Å². The van der Waals surface area contributed by atoms with E-state index in [2.05, 4.69) is 12.2 Å². The first-order valence-electron chi connectivity index (χ1n) is 8.70. The molecule has 3 heteroatoms. The summed E-state index contributed by atoms with van der Waals surface area (Å²) in [7, 11) is 0. The number of rotatable bonds is 4. The van der Waals surface area contributed by atoms with Gasteiger partial charge in [-0.15, -0.1) is 0 Å². The number of nitrogens with one attached hydrogen (secondary N) is 1. The van der Waals surface area contributed by atoms with Crippen LogP contribution in [0.15, 0.2) is 0 Å². The van der Waals surface area contributed by atoms with E-state index >= 15 is 0 Å². The summed E-state index contributed by atoms with van der Waals surface area (Å²) in [6.45, 7) is 3.00. The van der Waals surface area contributed by atoms with Gasteiger partial charge in [0.05, 0.1) is 0 Å². The minimum absolute atomic E-state index is 0.246. The summed E-state index contributed by atoms with van der Waals surface area (Å²) in [6.07, 6.45) is 12.4. The van der Waals surface area contributed by atoms with Gasteiger partial charge >= 0.3 is 0 Å². The molecule has 0 aromatic carbocycles. The van der Waals surface area contributed by atoms with Gasteiger partial charge in [0.2, 0.25) is 5.91 Å². The number of hydrogen-bond donors (Lipinski definition) is 2. The molecular formula is C17H32N2O. The van der Waals surface area contributed by atoms with Crippen molar-refractivity contribution in [1.29, 1.82) is 0 Å². The molecule has 0 unspecified atom stereocenters. The largest absolute Gasteiger partial charge is 0.356 e. The Balaban J connectivity index is 1.67. The molecule has 2 aliphatic rings. The number of hydrogen-bond acceptors (Lipinski definition) is 2. The van der Waals surface area contributed by atoms with Crippen LogP contribution in [0.2, 0.25) is 0 Å². The Kier molecular flexibility index (Phi) is 6.34. The number of carbonyl (C=O) groups is 1. The molecule has 2 saturated carbocycles. The monoisotopic (exact) mass is 280 g/mol. The van der Waals surface area contributed by atoms with Crippen molar-refractivity contribution in [3.8, 4) is 0 Å². The van der Waals surface area contributed by atoms with Crippen molar-refractivity contribution >= 4 is 5.91 Å². The van der Waals surface area contributed by atoms with Gasteiger partial charge in [-0.3, -0.25) is 4.79 Å².